The van der Waals surface area contributed by atoms with Gasteiger partial charge in [-0.25, -0.2) is 9.78 Å². The molecule has 0 aromatic carbocycles. The highest BCUT2D eigenvalue weighted by atomic mass is 16.5. The third-order valence-electron chi connectivity index (χ3n) is 6.33. The minimum Gasteiger partial charge on any atom is -0.457 e. The predicted octanol–water partition coefficient (Wildman–Crippen LogP) is 2.45. The number of fused-ring (bicyclic) bond motifs is 3. The van der Waals surface area contributed by atoms with Crippen molar-refractivity contribution >= 4 is 17.8 Å². The van der Waals surface area contributed by atoms with Gasteiger partial charge in [0.1, 0.15) is 18.1 Å². The van der Waals surface area contributed by atoms with E-state index in [1.807, 2.05) is 20.8 Å². The lowest BCUT2D eigenvalue weighted by Crippen LogP contribution is -2.36. The molecule has 0 radical (unpaired) electrons. The molecule has 0 saturated heterocycles. The highest BCUT2D eigenvalue weighted by molar-refractivity contribution is 6.00. The summed E-state index contributed by atoms with van der Waals surface area (Å²) in [5, 5.41) is 23.5. The Morgan fingerprint density at radius 3 is 2.68 bits per heavy atom. The fourth-order valence-electron chi connectivity index (χ4n) is 4.44. The number of nitrogens with one attached hydrogen (secondary N) is 1. The van der Waals surface area contributed by atoms with E-state index in [1.54, 1.807) is 37.3 Å². The molecule has 4 unspecified atom stereocenters. The molecule has 2 bridgehead atoms. The number of hydrogen-bond donors (Lipinski definition) is 3. The van der Waals surface area contributed by atoms with E-state index < -0.39 is 30.2 Å². The number of rotatable bonds is 1. The summed E-state index contributed by atoms with van der Waals surface area (Å²) in [6.45, 7) is 8.08. The van der Waals surface area contributed by atoms with Crippen molar-refractivity contribution in [1.29, 1.82) is 0 Å². The van der Waals surface area contributed by atoms with Crippen LogP contribution in [0.3, 0.4) is 0 Å². The van der Waals surface area contributed by atoms with Crippen molar-refractivity contribution in [3.8, 4) is 0 Å². The molecule has 0 aliphatic carbocycles. The number of aliphatic hydroxyl groups excluding tert-OH is 2. The zero-order valence-electron chi connectivity index (χ0n) is 22.3. The van der Waals surface area contributed by atoms with Crippen LogP contribution in [-0.4, -0.2) is 69.3 Å². The normalized spacial score (nSPS) is 26.5. The SMILES string of the molecule is CC1=CC(O)CC(O)Cc2nc(co2)C(=O)N2CCC=C2C(=O)OC(C(C)C)C(C)C=CC(=O)NCC=C1. The molecule has 0 spiro atoms. The number of amides is 2. The molecular formula is C28H37N3O7. The molecule has 1 aromatic rings. The minimum absolute atomic E-state index is 0.00476. The molecule has 4 atom stereocenters. The summed E-state index contributed by atoms with van der Waals surface area (Å²) >= 11 is 0. The number of carbonyl (C=O) groups is 3. The summed E-state index contributed by atoms with van der Waals surface area (Å²) in [7, 11) is 0. The molecule has 3 heterocycles. The van der Waals surface area contributed by atoms with E-state index >= 15 is 0 Å². The van der Waals surface area contributed by atoms with Crippen molar-refractivity contribution in [3.63, 3.8) is 0 Å². The van der Waals surface area contributed by atoms with E-state index in [2.05, 4.69) is 10.3 Å². The molecule has 10 heteroatoms. The van der Waals surface area contributed by atoms with Crippen LogP contribution in [0.1, 0.15) is 56.9 Å². The van der Waals surface area contributed by atoms with Gasteiger partial charge in [-0.05, 0) is 25.3 Å². The van der Waals surface area contributed by atoms with Crippen molar-refractivity contribution in [2.24, 2.45) is 11.8 Å². The number of allylic oxidation sites excluding steroid dienone is 2. The van der Waals surface area contributed by atoms with Gasteiger partial charge in [-0.1, -0.05) is 56.7 Å². The third-order valence-corrected chi connectivity index (χ3v) is 6.33. The summed E-state index contributed by atoms with van der Waals surface area (Å²) < 4.78 is 11.2. The molecule has 38 heavy (non-hydrogen) atoms. The number of aliphatic hydroxyl groups is 2. The van der Waals surface area contributed by atoms with Gasteiger partial charge in [0, 0.05) is 25.4 Å². The predicted molar refractivity (Wildman–Crippen MR) is 140 cm³/mol. The summed E-state index contributed by atoms with van der Waals surface area (Å²) in [6, 6.07) is 0. The van der Waals surface area contributed by atoms with Crippen molar-refractivity contribution in [2.45, 2.75) is 65.3 Å². The number of nitrogens with zero attached hydrogens (tertiary/aromatic N) is 2. The van der Waals surface area contributed by atoms with E-state index in [-0.39, 0.29) is 54.4 Å². The zero-order valence-corrected chi connectivity index (χ0v) is 22.3. The lowest BCUT2D eigenvalue weighted by Gasteiger charge is -2.27. The van der Waals surface area contributed by atoms with Crippen LogP contribution in [0.4, 0.5) is 0 Å². The first kappa shape index (κ1) is 29.1. The minimum atomic E-state index is -0.959. The molecule has 1 aromatic heterocycles. The van der Waals surface area contributed by atoms with E-state index in [9.17, 15) is 24.6 Å². The highest BCUT2D eigenvalue weighted by Crippen LogP contribution is 2.24. The Balaban J connectivity index is 1.86. The second-order valence-corrected chi connectivity index (χ2v) is 10.0. The van der Waals surface area contributed by atoms with Crippen LogP contribution in [0, 0.1) is 11.8 Å². The van der Waals surface area contributed by atoms with Gasteiger partial charge in [0.2, 0.25) is 5.91 Å². The molecule has 0 fully saturated rings. The van der Waals surface area contributed by atoms with Gasteiger partial charge in [0.25, 0.3) is 5.91 Å². The van der Waals surface area contributed by atoms with Gasteiger partial charge < -0.3 is 29.6 Å². The van der Waals surface area contributed by atoms with E-state index in [1.165, 1.54) is 17.2 Å². The van der Waals surface area contributed by atoms with E-state index in [4.69, 9.17) is 9.15 Å². The first-order valence-electron chi connectivity index (χ1n) is 12.9. The van der Waals surface area contributed by atoms with Gasteiger partial charge in [-0.15, -0.1) is 0 Å². The molecule has 3 N–H and O–H groups in total. The number of carbonyl (C=O) groups excluding carboxylic acids is 3. The molecule has 2 aliphatic heterocycles. The zero-order chi connectivity index (χ0) is 27.8. The van der Waals surface area contributed by atoms with Gasteiger partial charge >= 0.3 is 5.97 Å². The van der Waals surface area contributed by atoms with Gasteiger partial charge in [-0.2, -0.15) is 0 Å². The fourth-order valence-corrected chi connectivity index (χ4v) is 4.44. The maximum Gasteiger partial charge on any atom is 0.355 e. The Kier molecular flexibility index (Phi) is 10.2. The number of oxazole rings is 1. The van der Waals surface area contributed by atoms with Gasteiger partial charge in [0.05, 0.1) is 18.6 Å². The van der Waals surface area contributed by atoms with Crippen LogP contribution in [0.25, 0.3) is 0 Å². The lowest BCUT2D eigenvalue weighted by molar-refractivity contribution is -0.149. The van der Waals surface area contributed by atoms with Crippen LogP contribution >= 0.6 is 0 Å². The first-order valence-corrected chi connectivity index (χ1v) is 12.9. The van der Waals surface area contributed by atoms with Crippen molar-refractivity contribution in [2.75, 3.05) is 13.1 Å². The van der Waals surface area contributed by atoms with Crippen LogP contribution < -0.4 is 5.32 Å². The van der Waals surface area contributed by atoms with E-state index in [0.717, 1.165) is 5.57 Å². The molecule has 2 amide bonds. The van der Waals surface area contributed by atoms with Crippen LogP contribution in [0.15, 0.2) is 58.4 Å². The van der Waals surface area contributed by atoms with Crippen molar-refractivity contribution < 1.29 is 33.8 Å². The fraction of sp³-hybridized carbons (Fsp3) is 0.500. The Bertz CT molecular complexity index is 1130. The summed E-state index contributed by atoms with van der Waals surface area (Å²) in [4.78, 5) is 44.0. The Labute approximate surface area is 222 Å². The highest BCUT2D eigenvalue weighted by Gasteiger charge is 2.33. The maximum absolute atomic E-state index is 13.1. The quantitative estimate of drug-likeness (QED) is 0.473. The van der Waals surface area contributed by atoms with E-state index in [0.29, 0.717) is 13.0 Å². The summed E-state index contributed by atoms with van der Waals surface area (Å²) in [5.41, 5.74) is 0.909. The monoisotopic (exact) mass is 527 g/mol. The third kappa shape index (κ3) is 8.00. The Morgan fingerprint density at radius 1 is 1.18 bits per heavy atom. The molecule has 206 valence electrons. The average Bonchev–Trinajstić information content (AvgIpc) is 3.52. The molecule has 10 nitrogen and oxygen atoms in total. The standard InChI is InChI=1S/C28H37N3O7/c1-17(2)26-19(4)9-10-24(34)29-11-5-7-18(3)13-20(32)14-21(33)15-25-30-22(16-37-25)27(35)31-12-6-8-23(31)28(36)38-26/h5,7-10,13,16-17,19-21,26,32-33H,6,11-12,14-15H2,1-4H3,(H,29,34). The molecule has 2 aliphatic rings. The van der Waals surface area contributed by atoms with Crippen LogP contribution in [0.5, 0.6) is 0 Å². The second-order valence-electron chi connectivity index (χ2n) is 10.0. The Hall–Kier alpha value is -3.50. The van der Waals surface area contributed by atoms with Gasteiger partial charge in [0.15, 0.2) is 11.6 Å². The smallest absolute Gasteiger partial charge is 0.355 e. The van der Waals surface area contributed by atoms with Crippen LogP contribution in [-0.2, 0) is 20.7 Å². The second kappa shape index (κ2) is 13.3. The topological polar surface area (TPSA) is 142 Å². The van der Waals surface area contributed by atoms with Crippen LogP contribution in [0.2, 0.25) is 0 Å². The number of cyclic esters (lactones) is 1. The lowest BCUT2D eigenvalue weighted by atomic mass is 9.94. The number of esters is 1. The summed E-state index contributed by atoms with van der Waals surface area (Å²) in [5.74, 6) is -1.58. The summed E-state index contributed by atoms with van der Waals surface area (Å²) in [6.07, 6.45) is 9.22. The number of ether oxygens (including phenoxy) is 1. The molecular weight excluding hydrogens is 490 g/mol. The van der Waals surface area contributed by atoms with Gasteiger partial charge in [-0.3, -0.25) is 9.59 Å². The Morgan fingerprint density at radius 2 is 1.95 bits per heavy atom. The average molecular weight is 528 g/mol. The first-order chi connectivity index (χ1) is 18.0. The number of hydrogen-bond acceptors (Lipinski definition) is 8. The maximum atomic E-state index is 13.1. The largest absolute Gasteiger partial charge is 0.457 e. The number of aromatic nitrogens is 1. The molecule has 3 rings (SSSR count). The van der Waals surface area contributed by atoms with Crippen molar-refractivity contribution in [1.82, 2.24) is 15.2 Å². The van der Waals surface area contributed by atoms with Crippen molar-refractivity contribution in [3.05, 3.63) is 65.6 Å². The molecule has 0 saturated carbocycles.